The fourth-order valence-corrected chi connectivity index (χ4v) is 3.21. The van der Waals surface area contributed by atoms with Crippen LogP contribution in [0, 0.1) is 0 Å². The number of aliphatic hydroxyl groups is 1. The number of hydrogen-bond acceptors (Lipinski definition) is 7. The second-order valence-corrected chi connectivity index (χ2v) is 8.97. The monoisotopic (exact) mass is 560 g/mol. The van der Waals surface area contributed by atoms with Crippen LogP contribution >= 0.6 is 28.7 Å². The van der Waals surface area contributed by atoms with Crippen molar-refractivity contribution < 1.29 is 24.2 Å². The SMILES string of the molecule is CC(C)(C)O.COC(=O)c1cccc2c(Br)c[nH]c12.COC(=O)c1cccc2cc[nH]c12.[B]=NS. The van der Waals surface area contributed by atoms with Crippen molar-refractivity contribution in [2.24, 2.45) is 4.30 Å². The molecule has 0 atom stereocenters. The second-order valence-electron chi connectivity index (χ2n) is 7.88. The molecule has 2 aromatic carbocycles. The van der Waals surface area contributed by atoms with Crippen LogP contribution in [0.4, 0.5) is 0 Å². The minimum atomic E-state index is -0.500. The zero-order valence-corrected chi connectivity index (χ0v) is 22.6. The first-order valence-corrected chi connectivity index (χ1v) is 11.4. The van der Waals surface area contributed by atoms with Crippen LogP contribution in [0.1, 0.15) is 41.5 Å². The van der Waals surface area contributed by atoms with Crippen LogP contribution in [-0.2, 0) is 9.47 Å². The third kappa shape index (κ3) is 9.71. The summed E-state index contributed by atoms with van der Waals surface area (Å²) in [6, 6.07) is 12.9. The molecule has 0 unspecified atom stereocenters. The van der Waals surface area contributed by atoms with E-state index in [2.05, 4.69) is 60.1 Å². The number of rotatable bonds is 2. The number of fused-ring (bicyclic) bond motifs is 2. The predicted molar refractivity (Wildman–Crippen MR) is 146 cm³/mol. The van der Waals surface area contributed by atoms with Crippen LogP contribution in [0.3, 0.4) is 0 Å². The predicted octanol–water partition coefficient (Wildman–Crippen LogP) is 5.63. The van der Waals surface area contributed by atoms with Gasteiger partial charge in [0.1, 0.15) is 0 Å². The van der Waals surface area contributed by atoms with E-state index in [1.807, 2.05) is 30.3 Å². The summed E-state index contributed by atoms with van der Waals surface area (Å²) in [6.45, 7) is 5.23. The van der Waals surface area contributed by atoms with Crippen LogP contribution in [0.2, 0.25) is 0 Å². The van der Waals surface area contributed by atoms with E-state index in [4.69, 9.17) is 5.11 Å². The molecule has 2 aromatic heterocycles. The quantitative estimate of drug-likeness (QED) is 0.144. The number of benzene rings is 2. The molecule has 0 amide bonds. The Balaban J connectivity index is 0.000000271. The summed E-state index contributed by atoms with van der Waals surface area (Å²) in [7, 11) is 7.09. The summed E-state index contributed by atoms with van der Waals surface area (Å²) in [4.78, 5) is 28.7. The molecule has 0 aliphatic carbocycles. The molecule has 11 heteroatoms. The van der Waals surface area contributed by atoms with Crippen LogP contribution < -0.4 is 0 Å². The molecule has 4 aromatic rings. The van der Waals surface area contributed by atoms with Gasteiger partial charge in [0, 0.05) is 27.6 Å². The van der Waals surface area contributed by atoms with Gasteiger partial charge < -0.3 is 24.5 Å². The van der Waals surface area contributed by atoms with Crippen LogP contribution in [-0.4, -0.2) is 54.5 Å². The number of hydrogen-bond donors (Lipinski definition) is 4. The molecule has 0 aliphatic rings. The number of nitrogens with one attached hydrogen (secondary N) is 2. The Hall–Kier alpha value is -2.89. The molecule has 0 saturated carbocycles. The fourth-order valence-electron chi connectivity index (χ4n) is 2.77. The molecule has 8 nitrogen and oxygen atoms in total. The van der Waals surface area contributed by atoms with Gasteiger partial charge in [-0.15, -0.1) is 0 Å². The number of esters is 2. The van der Waals surface area contributed by atoms with Gasteiger partial charge >= 0.3 is 36.7 Å². The van der Waals surface area contributed by atoms with E-state index in [0.717, 1.165) is 26.3 Å². The summed E-state index contributed by atoms with van der Waals surface area (Å²) in [6.07, 6.45) is 3.61. The summed E-state index contributed by atoms with van der Waals surface area (Å²) in [5, 5.41) is 10.5. The molecule has 0 bridgehead atoms. The Morgan fingerprint density at radius 1 is 0.971 bits per heavy atom. The summed E-state index contributed by atoms with van der Waals surface area (Å²) in [5.41, 5.74) is 2.25. The Labute approximate surface area is 219 Å². The Kier molecular flexibility index (Phi) is 12.5. The van der Waals surface area contributed by atoms with E-state index in [1.54, 1.807) is 45.3 Å². The van der Waals surface area contributed by atoms with E-state index >= 15 is 0 Å². The van der Waals surface area contributed by atoms with E-state index in [0.29, 0.717) is 11.1 Å². The number of aromatic amines is 2. The van der Waals surface area contributed by atoms with Gasteiger partial charge in [0.15, 0.2) is 0 Å². The molecule has 2 heterocycles. The van der Waals surface area contributed by atoms with Crippen LogP contribution in [0.25, 0.3) is 21.8 Å². The number of carbonyl (C=O) groups is 2. The normalized spacial score (nSPS) is 10.0. The van der Waals surface area contributed by atoms with Gasteiger partial charge in [-0.25, -0.2) is 9.59 Å². The maximum atomic E-state index is 11.4. The molecular formula is C24H28BBrN3O5S. The van der Waals surface area contributed by atoms with Crippen molar-refractivity contribution in [2.45, 2.75) is 26.4 Å². The molecule has 4 rings (SSSR count). The topological polar surface area (TPSA) is 117 Å². The summed E-state index contributed by atoms with van der Waals surface area (Å²) >= 11 is 6.58. The number of nitrogens with zero attached hydrogens (tertiary/aromatic N) is 1. The van der Waals surface area contributed by atoms with Crippen molar-refractivity contribution in [2.75, 3.05) is 14.2 Å². The molecule has 0 saturated heterocycles. The van der Waals surface area contributed by atoms with Crippen molar-refractivity contribution >= 4 is 70.1 Å². The van der Waals surface area contributed by atoms with Crippen LogP contribution in [0.5, 0.6) is 0 Å². The Morgan fingerprint density at radius 2 is 1.46 bits per heavy atom. The fraction of sp³-hybridized carbons (Fsp3) is 0.250. The molecule has 1 radical (unpaired) electrons. The molecule has 0 fully saturated rings. The number of thiol groups is 1. The van der Waals surface area contributed by atoms with Crippen molar-refractivity contribution in [3.63, 3.8) is 0 Å². The number of ether oxygens (including phenoxy) is 2. The van der Waals surface area contributed by atoms with Crippen molar-refractivity contribution in [3.05, 3.63) is 70.5 Å². The first-order valence-electron chi connectivity index (χ1n) is 10.2. The average molecular weight is 561 g/mol. The molecular weight excluding hydrogens is 533 g/mol. The van der Waals surface area contributed by atoms with Gasteiger partial charge in [-0.05, 0) is 54.9 Å². The van der Waals surface area contributed by atoms with Crippen molar-refractivity contribution in [1.29, 1.82) is 0 Å². The Bertz CT molecular complexity index is 1260. The zero-order chi connectivity index (χ0) is 26.6. The van der Waals surface area contributed by atoms with Gasteiger partial charge in [0.05, 0.1) is 42.0 Å². The molecule has 3 N–H and O–H groups in total. The molecule has 0 spiro atoms. The van der Waals surface area contributed by atoms with E-state index in [-0.39, 0.29) is 11.9 Å². The summed E-state index contributed by atoms with van der Waals surface area (Å²) < 4.78 is 13.0. The first kappa shape index (κ1) is 30.1. The zero-order valence-electron chi connectivity index (χ0n) is 20.1. The van der Waals surface area contributed by atoms with Gasteiger partial charge in [-0.1, -0.05) is 24.3 Å². The van der Waals surface area contributed by atoms with Gasteiger partial charge in [-0.3, -0.25) is 0 Å². The molecule has 185 valence electrons. The van der Waals surface area contributed by atoms with Crippen LogP contribution in [0.15, 0.2) is 63.6 Å². The number of carbonyl (C=O) groups excluding carboxylic acids is 2. The second kappa shape index (κ2) is 14.5. The standard InChI is InChI=1S/C10H8BrNO2.C10H9NO2.C4H10O.BHNS/c1-14-10(13)7-4-2-3-6-8(11)5-12-9(6)7;1-13-10(12)8-4-2-3-7-5-6-11-9(7)8;1-4(2,3)5;1-2-3/h2-5,12H,1H3;2-6,11H,1H3;5H,1-3H3;3H. The molecule has 0 aliphatic heterocycles. The van der Waals surface area contributed by atoms with Gasteiger partial charge in [0.2, 0.25) is 0 Å². The number of methoxy groups -OCH3 is 2. The van der Waals surface area contributed by atoms with Gasteiger partial charge in [0.25, 0.3) is 0 Å². The van der Waals surface area contributed by atoms with Crippen molar-refractivity contribution in [1.82, 2.24) is 9.97 Å². The average Bonchev–Trinajstić information content (AvgIpc) is 3.44. The van der Waals surface area contributed by atoms with Gasteiger partial charge in [-0.2, -0.15) is 0 Å². The van der Waals surface area contributed by atoms with Crippen molar-refractivity contribution in [3.8, 4) is 0 Å². The minimum absolute atomic E-state index is 0.312. The summed E-state index contributed by atoms with van der Waals surface area (Å²) in [5.74, 6) is -0.641. The Morgan fingerprint density at radius 3 is 1.97 bits per heavy atom. The number of H-pyrrole nitrogens is 2. The third-order valence-electron chi connectivity index (χ3n) is 4.06. The third-order valence-corrected chi connectivity index (χ3v) is 4.72. The van der Waals surface area contributed by atoms with E-state index in [9.17, 15) is 9.59 Å². The molecule has 35 heavy (non-hydrogen) atoms. The van der Waals surface area contributed by atoms with E-state index in [1.165, 1.54) is 14.2 Å². The van der Waals surface area contributed by atoms with E-state index < -0.39 is 5.60 Å². The number of aromatic nitrogens is 2. The maximum absolute atomic E-state index is 11.4. The number of para-hydroxylation sites is 2. The first-order chi connectivity index (χ1) is 16.5. The number of halogens is 1.